The summed E-state index contributed by atoms with van der Waals surface area (Å²) < 4.78 is 49.5. The maximum absolute atomic E-state index is 16.9. The normalized spacial score (nSPS) is 37.9. The number of hydrogen-bond donors (Lipinski definition) is 2. The molecule has 13 atom stereocenters. The van der Waals surface area contributed by atoms with Gasteiger partial charge in [-0.3, -0.25) is 19.7 Å². The van der Waals surface area contributed by atoms with Crippen molar-refractivity contribution in [2.24, 2.45) is 17.8 Å². The van der Waals surface area contributed by atoms with Gasteiger partial charge < -0.3 is 43.6 Å². The van der Waals surface area contributed by atoms with Crippen LogP contribution in [0, 0.1) is 27.9 Å². The highest BCUT2D eigenvalue weighted by Crippen LogP contribution is 2.44. The van der Waals surface area contributed by atoms with Crippen molar-refractivity contribution < 1.29 is 57.3 Å². The van der Waals surface area contributed by atoms with Gasteiger partial charge in [0.1, 0.15) is 18.0 Å². The molecule has 0 radical (unpaired) electrons. The number of ketones is 2. The Bertz CT molecular complexity index is 1970. The summed E-state index contributed by atoms with van der Waals surface area (Å²) in [6, 6.07) is 5.39. The van der Waals surface area contributed by atoms with E-state index in [2.05, 4.69) is 5.32 Å². The maximum Gasteiger partial charge on any atom is 0.410 e. The van der Waals surface area contributed by atoms with E-state index in [1.165, 1.54) is 31.1 Å². The van der Waals surface area contributed by atoms with Crippen LogP contribution in [0.3, 0.4) is 0 Å². The Kier molecular flexibility index (Phi) is 13.7. The number of nitrogens with zero attached hydrogens (tertiary/aromatic N) is 3. The first kappa shape index (κ1) is 46.5. The fraction of sp³-hybridized carbons (Fsp3) is 0.727. The summed E-state index contributed by atoms with van der Waals surface area (Å²) in [6.45, 7) is 13.1. The number of cyclic esters (lactones) is 1. The molecule has 1 aliphatic carbocycles. The highest BCUT2D eigenvalue weighted by Gasteiger charge is 2.61. The van der Waals surface area contributed by atoms with Gasteiger partial charge in [-0.05, 0) is 84.8 Å². The zero-order chi connectivity index (χ0) is 44.8. The topological polar surface area (TPSA) is 198 Å². The van der Waals surface area contributed by atoms with Crippen LogP contribution in [0.2, 0.25) is 0 Å². The van der Waals surface area contributed by atoms with Crippen LogP contribution in [-0.2, 0) is 44.6 Å². The van der Waals surface area contributed by atoms with Gasteiger partial charge in [0.25, 0.3) is 11.4 Å². The van der Waals surface area contributed by atoms with E-state index in [0.717, 1.165) is 30.7 Å². The SMILES string of the molecule is CC[C@H]1OC(=O)[C@@](C)(F)C(=O)[C@@H](C)[C@@H](O[C@@H]2O[C@H](C)C[C@H](NC3CC3)[C@@H]2O)[C@](C)(OC)C[C@@H](C)C(=O)[C@H](C)C2N(CCCCn3ccc4cc([N+](=O)[O-])ccc43)C(=O)O[C@@]21C. The highest BCUT2D eigenvalue weighted by atomic mass is 19.1. The molecule has 3 saturated heterocycles. The van der Waals surface area contributed by atoms with Crippen molar-refractivity contribution >= 4 is 40.2 Å². The number of carbonyl (C=O) groups is 4. The van der Waals surface area contributed by atoms with Crippen LogP contribution in [0.4, 0.5) is 14.9 Å². The number of methoxy groups -OCH3 is 1. The molecule has 2 N–H and O–H groups in total. The second-order valence-corrected chi connectivity index (χ2v) is 18.3. The number of benzene rings is 1. The number of rotatable bonds is 12. The molecule has 1 aromatic heterocycles. The highest BCUT2D eigenvalue weighted by molar-refractivity contribution is 6.08. The number of Topliss-reactive ketones (excluding diaryl/α,β-unsaturated/α-hetero) is 2. The number of aliphatic hydroxyl groups excluding tert-OH is 1. The van der Waals surface area contributed by atoms with Crippen LogP contribution in [0.15, 0.2) is 30.5 Å². The van der Waals surface area contributed by atoms with E-state index in [4.69, 9.17) is 23.7 Å². The molecule has 4 aliphatic rings. The Labute approximate surface area is 356 Å². The average Bonchev–Trinajstić information content (AvgIpc) is 3.88. The molecule has 1 saturated carbocycles. The van der Waals surface area contributed by atoms with Gasteiger partial charge in [-0.15, -0.1) is 0 Å². The smallest absolute Gasteiger partial charge is 0.410 e. The Morgan fingerprint density at radius 2 is 1.72 bits per heavy atom. The number of fused-ring (bicyclic) bond motifs is 2. The molecule has 1 amide bonds. The third kappa shape index (κ3) is 9.22. The number of nitro groups is 1. The predicted octanol–water partition coefficient (Wildman–Crippen LogP) is 5.82. The van der Waals surface area contributed by atoms with Crippen molar-refractivity contribution in [1.29, 1.82) is 0 Å². The van der Waals surface area contributed by atoms with E-state index in [-0.39, 0.29) is 49.0 Å². The summed E-state index contributed by atoms with van der Waals surface area (Å²) in [7, 11) is 1.40. The van der Waals surface area contributed by atoms with E-state index in [0.29, 0.717) is 25.8 Å². The molecule has 2 aromatic rings. The minimum absolute atomic E-state index is 0.00574. The largest absolute Gasteiger partial charge is 0.455 e. The van der Waals surface area contributed by atoms with Crippen LogP contribution in [-0.4, -0.2) is 122 Å². The lowest BCUT2D eigenvalue weighted by Crippen LogP contribution is -2.62. The second-order valence-electron chi connectivity index (χ2n) is 18.3. The number of unbranched alkanes of at least 4 members (excludes halogenated alkanes) is 1. The van der Waals surface area contributed by atoms with Crippen molar-refractivity contribution in [1.82, 2.24) is 14.8 Å². The van der Waals surface area contributed by atoms with Crippen molar-refractivity contribution in [2.45, 2.75) is 173 Å². The fourth-order valence-corrected chi connectivity index (χ4v) is 10.0. The number of carbonyl (C=O) groups excluding carboxylic acids is 4. The van der Waals surface area contributed by atoms with Crippen LogP contribution in [0.5, 0.6) is 0 Å². The first-order chi connectivity index (χ1) is 28.7. The molecule has 338 valence electrons. The number of ether oxygens (including phenoxy) is 5. The number of aromatic nitrogens is 1. The van der Waals surface area contributed by atoms with Crippen LogP contribution < -0.4 is 5.32 Å². The fourth-order valence-electron chi connectivity index (χ4n) is 10.0. The third-order valence-corrected chi connectivity index (χ3v) is 13.6. The number of non-ortho nitro benzene ring substituents is 1. The molecule has 6 rings (SSSR count). The summed E-state index contributed by atoms with van der Waals surface area (Å²) in [5.74, 6) is -5.91. The summed E-state index contributed by atoms with van der Waals surface area (Å²) in [6.07, 6.45) is -0.629. The zero-order valence-electron chi connectivity index (χ0n) is 36.8. The third-order valence-electron chi connectivity index (χ3n) is 13.6. The number of hydrogen-bond acceptors (Lipinski definition) is 13. The van der Waals surface area contributed by atoms with Gasteiger partial charge in [-0.2, -0.15) is 0 Å². The first-order valence-corrected chi connectivity index (χ1v) is 21.7. The lowest BCUT2D eigenvalue weighted by Gasteiger charge is -2.46. The lowest BCUT2D eigenvalue weighted by molar-refractivity contribution is -0.384. The summed E-state index contributed by atoms with van der Waals surface area (Å²) in [5, 5.41) is 26.9. The molecular weight excluding hydrogens is 795 g/mol. The van der Waals surface area contributed by atoms with Gasteiger partial charge in [0.2, 0.25) is 0 Å². The quantitative estimate of drug-likeness (QED) is 0.0853. The van der Waals surface area contributed by atoms with E-state index < -0.39 is 88.0 Å². The Balaban J connectivity index is 1.29. The standard InChI is InChI=1S/C44H63FN4O12/c1-10-33-44(8)36(48(41(54)61-44)19-12-11-18-47-20-17-28-22-30(49(55)56)15-16-32(28)47)26(4)34(50)24(2)23-42(6,57-9)38(27(5)37(52)43(7,45)40(53)59-33)60-39-35(51)31(21-25(3)58-39)46-29-13-14-29/h15-17,20,22,24-27,29,31,33,35-36,38-39,46,51H,10-14,18-19,21,23H2,1-9H3/t24-,25-,26+,27-,31+,33-,35+,36?,38-,39+,42-,43+,44-/m1/s1. The first-order valence-electron chi connectivity index (χ1n) is 21.7. The molecule has 16 nitrogen and oxygen atoms in total. The number of amides is 1. The van der Waals surface area contributed by atoms with E-state index in [1.807, 2.05) is 17.7 Å². The molecule has 17 heteroatoms. The molecule has 3 aliphatic heterocycles. The second kappa shape index (κ2) is 18.0. The van der Waals surface area contributed by atoms with Crippen molar-refractivity contribution in [2.75, 3.05) is 13.7 Å². The average molecular weight is 859 g/mol. The number of esters is 1. The van der Waals surface area contributed by atoms with Gasteiger partial charge in [-0.1, -0.05) is 27.7 Å². The van der Waals surface area contributed by atoms with Crippen molar-refractivity contribution in [3.05, 3.63) is 40.6 Å². The summed E-state index contributed by atoms with van der Waals surface area (Å²) >= 11 is 0. The molecule has 1 unspecified atom stereocenters. The predicted molar refractivity (Wildman–Crippen MR) is 220 cm³/mol. The summed E-state index contributed by atoms with van der Waals surface area (Å²) in [4.78, 5) is 69.2. The van der Waals surface area contributed by atoms with E-state index >= 15 is 4.39 Å². The molecule has 0 bridgehead atoms. The van der Waals surface area contributed by atoms with Gasteiger partial charge in [0, 0.05) is 79.3 Å². The van der Waals surface area contributed by atoms with Crippen LogP contribution in [0.25, 0.3) is 10.9 Å². The minimum atomic E-state index is -3.20. The maximum atomic E-state index is 16.9. The molecule has 4 fully saturated rings. The lowest BCUT2D eigenvalue weighted by atomic mass is 9.73. The van der Waals surface area contributed by atoms with E-state index in [1.54, 1.807) is 46.8 Å². The molecular formula is C44H63FN4O12. The van der Waals surface area contributed by atoms with Gasteiger partial charge in [0.05, 0.1) is 28.8 Å². The number of alkyl halides is 1. The van der Waals surface area contributed by atoms with Crippen LogP contribution >= 0.6 is 0 Å². The minimum Gasteiger partial charge on any atom is -0.455 e. The monoisotopic (exact) mass is 858 g/mol. The number of aryl methyl sites for hydroxylation is 1. The Hall–Kier alpha value is -4.03. The molecule has 1 aromatic carbocycles. The van der Waals surface area contributed by atoms with E-state index in [9.17, 15) is 34.4 Å². The number of halogens is 1. The summed E-state index contributed by atoms with van der Waals surface area (Å²) in [5.41, 5.74) is -5.48. The van der Waals surface area contributed by atoms with Gasteiger partial charge >= 0.3 is 12.1 Å². The number of nitro benzene ring substituents is 1. The van der Waals surface area contributed by atoms with Gasteiger partial charge in [0.15, 0.2) is 17.7 Å². The molecule has 61 heavy (non-hydrogen) atoms. The Morgan fingerprint density at radius 1 is 1.03 bits per heavy atom. The van der Waals surface area contributed by atoms with Crippen LogP contribution in [0.1, 0.15) is 100 Å². The van der Waals surface area contributed by atoms with Crippen molar-refractivity contribution in [3.8, 4) is 0 Å². The van der Waals surface area contributed by atoms with Crippen molar-refractivity contribution in [3.63, 3.8) is 0 Å². The Morgan fingerprint density at radius 3 is 2.36 bits per heavy atom. The number of nitrogens with one attached hydrogen (secondary N) is 1. The number of aliphatic hydroxyl groups is 1. The molecule has 0 spiro atoms. The van der Waals surface area contributed by atoms with Gasteiger partial charge in [-0.25, -0.2) is 14.0 Å². The zero-order valence-corrected chi connectivity index (χ0v) is 36.8. The molecule has 4 heterocycles.